The molecule has 0 fully saturated rings. The van der Waals surface area contributed by atoms with Gasteiger partial charge in [-0.15, -0.1) is 0 Å². The van der Waals surface area contributed by atoms with Crippen molar-refractivity contribution in [2.75, 3.05) is 32.1 Å². The normalized spacial score (nSPS) is 16.6. The number of amides is 1. The van der Waals surface area contributed by atoms with Gasteiger partial charge in [0, 0.05) is 38.5 Å². The van der Waals surface area contributed by atoms with Gasteiger partial charge in [-0.2, -0.15) is 0 Å². The van der Waals surface area contributed by atoms with Gasteiger partial charge >= 0.3 is 0 Å². The fourth-order valence-corrected chi connectivity index (χ4v) is 4.03. The number of fused-ring (bicyclic) bond motifs is 5. The van der Waals surface area contributed by atoms with Crippen molar-refractivity contribution in [1.82, 2.24) is 20.2 Å². The standard InChI is InChI=1S/C27H33N5O2/c1-32-14-12-27(33)28-13-5-2-6-15-34-25-11-4-3-10-24(25)31-26-18-23(29-20-30-26)17-21-8-7-9-22(16-21)19-32/h3-4,7-11,16,18,20H,2,5-6,12-15,17,19H2,1H3,(H,28,33)(H,29,30,31). The maximum absolute atomic E-state index is 12.2. The number of nitrogens with one attached hydrogen (secondary N) is 2. The van der Waals surface area contributed by atoms with E-state index < -0.39 is 0 Å². The van der Waals surface area contributed by atoms with Crippen LogP contribution in [0.25, 0.3) is 0 Å². The maximum Gasteiger partial charge on any atom is 0.221 e. The predicted octanol–water partition coefficient (Wildman–Crippen LogP) is 4.31. The Morgan fingerprint density at radius 1 is 0.971 bits per heavy atom. The molecule has 3 aromatic rings. The molecule has 0 spiro atoms. The van der Waals surface area contributed by atoms with Crippen molar-refractivity contribution in [2.24, 2.45) is 0 Å². The average Bonchev–Trinajstić information content (AvgIpc) is 2.83. The highest BCUT2D eigenvalue weighted by Crippen LogP contribution is 2.27. The summed E-state index contributed by atoms with van der Waals surface area (Å²) in [7, 11) is 2.05. The van der Waals surface area contributed by atoms with Crippen molar-refractivity contribution in [3.63, 3.8) is 0 Å². The van der Waals surface area contributed by atoms with E-state index in [2.05, 4.69) is 56.8 Å². The zero-order valence-corrected chi connectivity index (χ0v) is 19.8. The van der Waals surface area contributed by atoms with Crippen molar-refractivity contribution in [1.29, 1.82) is 0 Å². The molecular formula is C27H33N5O2. The van der Waals surface area contributed by atoms with E-state index in [1.165, 1.54) is 11.1 Å². The summed E-state index contributed by atoms with van der Waals surface area (Å²) < 4.78 is 6.04. The van der Waals surface area contributed by atoms with Crippen LogP contribution in [0.5, 0.6) is 5.75 Å². The fraction of sp³-hybridized carbons (Fsp3) is 0.370. The molecule has 178 valence electrons. The van der Waals surface area contributed by atoms with Crippen LogP contribution in [0.1, 0.15) is 42.5 Å². The second kappa shape index (κ2) is 12.1. The molecule has 2 N–H and O–H groups in total. The zero-order valence-electron chi connectivity index (χ0n) is 19.8. The Labute approximate surface area is 201 Å². The number of aromatic nitrogens is 2. The lowest BCUT2D eigenvalue weighted by atomic mass is 10.1. The monoisotopic (exact) mass is 459 g/mol. The third-order valence-corrected chi connectivity index (χ3v) is 5.82. The van der Waals surface area contributed by atoms with Gasteiger partial charge in [0.25, 0.3) is 0 Å². The Balaban J connectivity index is 1.52. The predicted molar refractivity (Wildman–Crippen MR) is 134 cm³/mol. The lowest BCUT2D eigenvalue weighted by molar-refractivity contribution is -0.121. The fourth-order valence-electron chi connectivity index (χ4n) is 4.03. The molecule has 2 heterocycles. The molecule has 0 aliphatic carbocycles. The van der Waals surface area contributed by atoms with Gasteiger partial charge in [0.15, 0.2) is 0 Å². The Hall–Kier alpha value is -3.45. The highest BCUT2D eigenvalue weighted by molar-refractivity contribution is 5.76. The van der Waals surface area contributed by atoms with Crippen LogP contribution in [0.15, 0.2) is 60.9 Å². The summed E-state index contributed by atoms with van der Waals surface area (Å²) in [4.78, 5) is 23.3. The summed E-state index contributed by atoms with van der Waals surface area (Å²) in [6.07, 6.45) is 5.70. The number of anilines is 2. The Kier molecular flexibility index (Phi) is 8.46. The average molecular weight is 460 g/mol. The first-order valence-electron chi connectivity index (χ1n) is 12.0. The topological polar surface area (TPSA) is 79.4 Å². The van der Waals surface area contributed by atoms with Gasteiger partial charge in [-0.1, -0.05) is 36.4 Å². The molecule has 7 heteroatoms. The molecule has 1 aliphatic heterocycles. The molecule has 4 rings (SSSR count). The molecule has 34 heavy (non-hydrogen) atoms. The Morgan fingerprint density at radius 3 is 2.79 bits per heavy atom. The quantitative estimate of drug-likeness (QED) is 0.522. The van der Waals surface area contributed by atoms with Crippen LogP contribution in [0, 0.1) is 0 Å². The second-order valence-electron chi connectivity index (χ2n) is 8.76. The molecule has 1 amide bonds. The van der Waals surface area contributed by atoms with Crippen molar-refractivity contribution >= 4 is 17.4 Å². The molecule has 1 aliphatic rings. The zero-order chi connectivity index (χ0) is 23.6. The van der Waals surface area contributed by atoms with Gasteiger partial charge in [0.05, 0.1) is 18.0 Å². The molecular weight excluding hydrogens is 426 g/mol. The first-order valence-corrected chi connectivity index (χ1v) is 12.0. The Bertz CT molecular complexity index is 1090. The molecule has 0 radical (unpaired) electrons. The number of rotatable bonds is 0. The molecule has 0 saturated carbocycles. The van der Waals surface area contributed by atoms with Crippen LogP contribution in [-0.2, 0) is 17.8 Å². The van der Waals surface area contributed by atoms with Crippen LogP contribution in [0.3, 0.4) is 0 Å². The maximum atomic E-state index is 12.2. The second-order valence-corrected chi connectivity index (χ2v) is 8.76. The van der Waals surface area contributed by atoms with E-state index in [4.69, 9.17) is 4.74 Å². The summed E-state index contributed by atoms with van der Waals surface area (Å²) in [6, 6.07) is 18.4. The molecule has 0 saturated heterocycles. The van der Waals surface area contributed by atoms with E-state index in [9.17, 15) is 4.79 Å². The highest BCUT2D eigenvalue weighted by Gasteiger charge is 2.09. The molecule has 0 atom stereocenters. The Morgan fingerprint density at radius 2 is 1.85 bits per heavy atom. The van der Waals surface area contributed by atoms with Gasteiger partial charge in [-0.25, -0.2) is 9.97 Å². The van der Waals surface area contributed by atoms with E-state index in [1.54, 1.807) is 6.33 Å². The lowest BCUT2D eigenvalue weighted by Gasteiger charge is -2.17. The van der Waals surface area contributed by atoms with Gasteiger partial charge < -0.3 is 20.3 Å². The van der Waals surface area contributed by atoms with E-state index in [0.29, 0.717) is 19.6 Å². The van der Waals surface area contributed by atoms with Crippen LogP contribution in [0.2, 0.25) is 0 Å². The summed E-state index contributed by atoms with van der Waals surface area (Å²) in [6.45, 7) is 2.86. The van der Waals surface area contributed by atoms with E-state index >= 15 is 0 Å². The van der Waals surface area contributed by atoms with Crippen molar-refractivity contribution in [3.05, 3.63) is 77.7 Å². The number of benzene rings is 2. The number of carbonyl (C=O) groups is 1. The van der Waals surface area contributed by atoms with Crippen molar-refractivity contribution in [2.45, 2.75) is 38.6 Å². The van der Waals surface area contributed by atoms with E-state index in [1.807, 2.05) is 30.3 Å². The SMILES string of the molecule is CN1CCC(=O)NCCCCCOc2ccccc2Nc2cc(ncn2)Cc2cccc(c2)C1. The summed E-state index contributed by atoms with van der Waals surface area (Å²) in [5.41, 5.74) is 4.24. The minimum atomic E-state index is 0.110. The van der Waals surface area contributed by atoms with Gasteiger partial charge in [0.1, 0.15) is 17.9 Å². The smallest absolute Gasteiger partial charge is 0.221 e. The van der Waals surface area contributed by atoms with Gasteiger partial charge in [0.2, 0.25) is 5.91 Å². The van der Waals surface area contributed by atoms with Crippen LogP contribution in [0.4, 0.5) is 11.5 Å². The number of para-hydroxylation sites is 2. The molecule has 2 aromatic carbocycles. The summed E-state index contributed by atoms with van der Waals surface area (Å²) >= 11 is 0. The van der Waals surface area contributed by atoms with E-state index in [-0.39, 0.29) is 5.91 Å². The first-order chi connectivity index (χ1) is 16.7. The number of hydrogen-bond donors (Lipinski definition) is 2. The summed E-state index contributed by atoms with van der Waals surface area (Å²) in [5, 5.41) is 6.42. The lowest BCUT2D eigenvalue weighted by Crippen LogP contribution is -2.29. The largest absolute Gasteiger partial charge is 0.491 e. The minimum absolute atomic E-state index is 0.110. The van der Waals surface area contributed by atoms with Crippen LogP contribution in [-0.4, -0.2) is 47.5 Å². The third-order valence-electron chi connectivity index (χ3n) is 5.82. The molecule has 4 bridgehead atoms. The third kappa shape index (κ3) is 7.28. The van der Waals surface area contributed by atoms with E-state index in [0.717, 1.165) is 61.7 Å². The number of carbonyl (C=O) groups excluding carboxylic acids is 1. The van der Waals surface area contributed by atoms with Crippen LogP contribution >= 0.6 is 0 Å². The number of nitrogens with zero attached hydrogens (tertiary/aromatic N) is 3. The summed E-state index contributed by atoms with van der Waals surface area (Å²) in [5.74, 6) is 1.66. The van der Waals surface area contributed by atoms with Gasteiger partial charge in [-0.05, 0) is 49.6 Å². The first kappa shape index (κ1) is 23.7. The van der Waals surface area contributed by atoms with Gasteiger partial charge in [-0.3, -0.25) is 4.79 Å². The van der Waals surface area contributed by atoms with Crippen LogP contribution < -0.4 is 15.4 Å². The molecule has 0 unspecified atom stereocenters. The highest BCUT2D eigenvalue weighted by atomic mass is 16.5. The number of ether oxygens (including phenoxy) is 1. The number of hydrogen-bond acceptors (Lipinski definition) is 6. The van der Waals surface area contributed by atoms with Crippen molar-refractivity contribution in [3.8, 4) is 5.75 Å². The molecule has 7 nitrogen and oxygen atoms in total. The minimum Gasteiger partial charge on any atom is -0.491 e. The molecule has 1 aromatic heterocycles. The van der Waals surface area contributed by atoms with Crippen molar-refractivity contribution < 1.29 is 9.53 Å².